The van der Waals surface area contributed by atoms with Gasteiger partial charge in [-0.2, -0.15) is 0 Å². The van der Waals surface area contributed by atoms with Crippen molar-refractivity contribution in [3.8, 4) is 0 Å². The molecule has 0 saturated carbocycles. The summed E-state index contributed by atoms with van der Waals surface area (Å²) in [4.78, 5) is 26.2. The van der Waals surface area contributed by atoms with E-state index in [0.29, 0.717) is 6.54 Å². The Kier molecular flexibility index (Phi) is 4.73. The SMILES string of the molecule is NC(=O)NC(=O)CCN1CCc2sccc2[C@H]1c1ccccc1. The van der Waals surface area contributed by atoms with Crippen molar-refractivity contribution >= 4 is 23.3 Å². The maximum Gasteiger partial charge on any atom is 0.318 e. The molecule has 5 nitrogen and oxygen atoms in total. The molecular weight excluding hydrogens is 310 g/mol. The highest BCUT2D eigenvalue weighted by atomic mass is 32.1. The van der Waals surface area contributed by atoms with Gasteiger partial charge in [0, 0.05) is 24.4 Å². The third-order valence-electron chi connectivity index (χ3n) is 4.07. The smallest absolute Gasteiger partial charge is 0.318 e. The number of fused-ring (bicyclic) bond motifs is 1. The molecule has 3 N–H and O–H groups in total. The molecule has 0 radical (unpaired) electrons. The highest BCUT2D eigenvalue weighted by Gasteiger charge is 2.29. The van der Waals surface area contributed by atoms with Crippen molar-refractivity contribution in [1.29, 1.82) is 0 Å². The van der Waals surface area contributed by atoms with E-state index in [1.54, 1.807) is 11.3 Å². The zero-order valence-electron chi connectivity index (χ0n) is 12.7. The average Bonchev–Trinajstić information content (AvgIpc) is 3.01. The zero-order chi connectivity index (χ0) is 16.2. The molecular formula is C17H19N3O2S. The summed E-state index contributed by atoms with van der Waals surface area (Å²) in [5.74, 6) is -0.333. The molecule has 0 fully saturated rings. The Morgan fingerprint density at radius 3 is 2.78 bits per heavy atom. The van der Waals surface area contributed by atoms with Crippen molar-refractivity contribution in [3.63, 3.8) is 0 Å². The number of amides is 3. The van der Waals surface area contributed by atoms with E-state index >= 15 is 0 Å². The lowest BCUT2D eigenvalue weighted by Crippen LogP contribution is -2.40. The topological polar surface area (TPSA) is 75.4 Å². The average molecular weight is 329 g/mol. The van der Waals surface area contributed by atoms with Crippen LogP contribution >= 0.6 is 11.3 Å². The lowest BCUT2D eigenvalue weighted by atomic mass is 9.93. The van der Waals surface area contributed by atoms with Gasteiger partial charge in [0.2, 0.25) is 5.91 Å². The van der Waals surface area contributed by atoms with Crippen LogP contribution < -0.4 is 11.1 Å². The lowest BCUT2D eigenvalue weighted by molar-refractivity contribution is -0.120. The molecule has 6 heteroatoms. The zero-order valence-corrected chi connectivity index (χ0v) is 13.5. The molecule has 0 aliphatic carbocycles. The number of nitrogens with two attached hydrogens (primary N) is 1. The summed E-state index contributed by atoms with van der Waals surface area (Å²) in [6, 6.07) is 11.9. The molecule has 1 aromatic carbocycles. The van der Waals surface area contributed by atoms with Crippen LogP contribution in [0.25, 0.3) is 0 Å². The molecule has 1 atom stereocenters. The van der Waals surface area contributed by atoms with Crippen LogP contribution in [0.1, 0.15) is 28.5 Å². The Hall–Kier alpha value is -2.18. The molecule has 23 heavy (non-hydrogen) atoms. The third kappa shape index (κ3) is 3.60. The number of thiophene rings is 1. The Morgan fingerprint density at radius 2 is 2.04 bits per heavy atom. The Balaban J connectivity index is 1.79. The molecule has 0 bridgehead atoms. The van der Waals surface area contributed by atoms with Crippen LogP contribution in [0.4, 0.5) is 4.79 Å². The summed E-state index contributed by atoms with van der Waals surface area (Å²) in [5, 5.41) is 4.26. The second-order valence-electron chi connectivity index (χ2n) is 5.56. The quantitative estimate of drug-likeness (QED) is 0.903. The van der Waals surface area contributed by atoms with Crippen LogP contribution in [0, 0.1) is 0 Å². The van der Waals surface area contributed by atoms with Crippen LogP contribution in [0.5, 0.6) is 0 Å². The summed E-state index contributed by atoms with van der Waals surface area (Å²) < 4.78 is 0. The van der Waals surface area contributed by atoms with Gasteiger partial charge in [0.15, 0.2) is 0 Å². The van der Waals surface area contributed by atoms with E-state index in [1.165, 1.54) is 16.0 Å². The standard InChI is InChI=1S/C17H19N3O2S/c18-17(22)19-15(21)7-10-20-9-6-14-13(8-11-23-14)16(20)12-4-2-1-3-5-12/h1-5,8,11,16H,6-7,9-10H2,(H3,18,19,21,22)/t16-/m1/s1. The first-order chi connectivity index (χ1) is 11.1. The fourth-order valence-electron chi connectivity index (χ4n) is 3.08. The van der Waals surface area contributed by atoms with E-state index in [9.17, 15) is 9.59 Å². The highest BCUT2D eigenvalue weighted by molar-refractivity contribution is 7.10. The highest BCUT2D eigenvalue weighted by Crippen LogP contribution is 2.37. The summed E-state index contributed by atoms with van der Waals surface area (Å²) in [7, 11) is 0. The minimum absolute atomic E-state index is 0.160. The largest absolute Gasteiger partial charge is 0.351 e. The Labute approximate surface area is 139 Å². The van der Waals surface area contributed by atoms with E-state index in [2.05, 4.69) is 33.8 Å². The number of nitrogens with one attached hydrogen (secondary N) is 1. The van der Waals surface area contributed by atoms with Crippen LogP contribution in [0.3, 0.4) is 0 Å². The second kappa shape index (κ2) is 6.93. The minimum Gasteiger partial charge on any atom is -0.351 e. The van der Waals surface area contributed by atoms with Crippen molar-refractivity contribution in [2.75, 3.05) is 13.1 Å². The number of hydrogen-bond acceptors (Lipinski definition) is 4. The number of imide groups is 1. The first-order valence-corrected chi connectivity index (χ1v) is 8.47. The third-order valence-corrected chi connectivity index (χ3v) is 5.07. The summed E-state index contributed by atoms with van der Waals surface area (Å²) in [5.41, 5.74) is 7.53. The molecule has 2 heterocycles. The molecule has 120 valence electrons. The number of urea groups is 1. The molecule has 3 amide bonds. The Morgan fingerprint density at radius 1 is 1.26 bits per heavy atom. The van der Waals surface area contributed by atoms with Crippen molar-refractivity contribution in [2.24, 2.45) is 5.73 Å². The van der Waals surface area contributed by atoms with E-state index in [0.717, 1.165) is 13.0 Å². The molecule has 1 aliphatic rings. The molecule has 0 spiro atoms. The molecule has 1 aliphatic heterocycles. The van der Waals surface area contributed by atoms with Crippen molar-refractivity contribution < 1.29 is 9.59 Å². The first-order valence-electron chi connectivity index (χ1n) is 7.59. The lowest BCUT2D eigenvalue weighted by Gasteiger charge is -2.36. The summed E-state index contributed by atoms with van der Waals surface area (Å²) >= 11 is 1.79. The summed E-state index contributed by atoms with van der Waals surface area (Å²) in [6.07, 6.45) is 1.25. The van der Waals surface area contributed by atoms with Crippen molar-refractivity contribution in [2.45, 2.75) is 18.9 Å². The molecule has 0 saturated heterocycles. The predicted molar refractivity (Wildman–Crippen MR) is 90.2 cm³/mol. The fourth-order valence-corrected chi connectivity index (χ4v) is 3.98. The number of nitrogens with zero attached hydrogens (tertiary/aromatic N) is 1. The van der Waals surface area contributed by atoms with Crippen molar-refractivity contribution in [1.82, 2.24) is 10.2 Å². The Bertz CT molecular complexity index is 699. The van der Waals surface area contributed by atoms with Crippen LogP contribution in [-0.4, -0.2) is 29.9 Å². The molecule has 2 aromatic rings. The van der Waals surface area contributed by atoms with Gasteiger partial charge in [0.05, 0.1) is 6.04 Å². The maximum atomic E-state index is 11.7. The van der Waals surface area contributed by atoms with E-state index in [1.807, 2.05) is 18.2 Å². The molecule has 0 unspecified atom stereocenters. The summed E-state index contributed by atoms with van der Waals surface area (Å²) in [6.45, 7) is 1.49. The van der Waals surface area contributed by atoms with E-state index in [4.69, 9.17) is 5.73 Å². The number of benzene rings is 1. The van der Waals surface area contributed by atoms with Gasteiger partial charge in [-0.15, -0.1) is 11.3 Å². The number of hydrogen-bond donors (Lipinski definition) is 2. The van der Waals surface area contributed by atoms with E-state index in [-0.39, 0.29) is 18.4 Å². The van der Waals surface area contributed by atoms with Crippen molar-refractivity contribution in [3.05, 3.63) is 57.8 Å². The normalized spacial score (nSPS) is 17.5. The van der Waals surface area contributed by atoms with Gasteiger partial charge >= 0.3 is 6.03 Å². The van der Waals surface area contributed by atoms with Gasteiger partial charge in [-0.3, -0.25) is 15.0 Å². The van der Waals surface area contributed by atoms with Gasteiger partial charge < -0.3 is 5.73 Å². The van der Waals surface area contributed by atoms with Crippen LogP contribution in [0.15, 0.2) is 41.8 Å². The number of rotatable bonds is 4. The predicted octanol–water partition coefficient (Wildman–Crippen LogP) is 2.28. The molecule has 1 aromatic heterocycles. The van der Waals surface area contributed by atoms with Crippen LogP contribution in [-0.2, 0) is 11.2 Å². The maximum absolute atomic E-state index is 11.7. The number of primary amides is 1. The van der Waals surface area contributed by atoms with Gasteiger partial charge in [-0.05, 0) is 29.0 Å². The monoisotopic (exact) mass is 329 g/mol. The second-order valence-corrected chi connectivity index (χ2v) is 6.56. The number of carbonyl (C=O) groups is 2. The molecule has 3 rings (SSSR count). The minimum atomic E-state index is -0.798. The van der Waals surface area contributed by atoms with Crippen LogP contribution in [0.2, 0.25) is 0 Å². The fraction of sp³-hybridized carbons (Fsp3) is 0.294. The van der Waals surface area contributed by atoms with Gasteiger partial charge in [0.1, 0.15) is 0 Å². The first kappa shape index (κ1) is 15.7. The van der Waals surface area contributed by atoms with E-state index < -0.39 is 6.03 Å². The van der Waals surface area contributed by atoms with Gasteiger partial charge in [-0.1, -0.05) is 30.3 Å². The number of carbonyl (C=O) groups excluding carboxylic acids is 2. The van der Waals surface area contributed by atoms with Gasteiger partial charge in [-0.25, -0.2) is 4.79 Å². The van der Waals surface area contributed by atoms with Gasteiger partial charge in [0.25, 0.3) is 0 Å².